The normalized spacial score (nSPS) is 12.8. The third kappa shape index (κ3) is 10.0. The lowest BCUT2D eigenvalue weighted by Gasteiger charge is -2.27. The maximum atomic E-state index is 12.9. The van der Waals surface area contributed by atoms with Crippen molar-refractivity contribution in [1.29, 1.82) is 0 Å². The Morgan fingerprint density at radius 1 is 0.930 bits per heavy atom. The molecule has 9 heteroatoms. The number of hydrogen-bond donors (Lipinski definition) is 1. The highest BCUT2D eigenvalue weighted by Gasteiger charge is 2.33. The molecule has 1 N–H and O–H groups in total. The lowest BCUT2D eigenvalue weighted by molar-refractivity contribution is 0.0428. The van der Waals surface area contributed by atoms with Crippen molar-refractivity contribution in [3.05, 3.63) is 82.9 Å². The molecule has 230 valence electrons. The van der Waals surface area contributed by atoms with Gasteiger partial charge in [0.15, 0.2) is 5.82 Å². The summed E-state index contributed by atoms with van der Waals surface area (Å²) in [4.78, 5) is 28.7. The minimum absolute atomic E-state index is 0.00823. The summed E-state index contributed by atoms with van der Waals surface area (Å²) in [6, 6.07) is 17.1. The number of aromatic nitrogens is 2. The second kappa shape index (κ2) is 13.9. The number of aliphatic hydroxyl groups excluding tert-OH is 1. The van der Waals surface area contributed by atoms with Gasteiger partial charge in [-0.1, -0.05) is 48.6 Å². The van der Waals surface area contributed by atoms with Crippen LogP contribution < -0.4 is 4.90 Å². The van der Waals surface area contributed by atoms with Gasteiger partial charge in [-0.25, -0.2) is 9.59 Å². The van der Waals surface area contributed by atoms with E-state index >= 15 is 0 Å². The van der Waals surface area contributed by atoms with Gasteiger partial charge in [0.25, 0.3) is 0 Å². The molecule has 3 rings (SSSR count). The van der Waals surface area contributed by atoms with Gasteiger partial charge in [0.1, 0.15) is 11.2 Å². The Hall–Kier alpha value is -4.08. The molecule has 3 aromatic rings. The molecule has 2 amide bonds. The Labute approximate surface area is 255 Å². The third-order valence-electron chi connectivity index (χ3n) is 6.22. The summed E-state index contributed by atoms with van der Waals surface area (Å²) in [6.07, 6.45) is 1.63. The van der Waals surface area contributed by atoms with E-state index in [9.17, 15) is 14.7 Å². The van der Waals surface area contributed by atoms with Gasteiger partial charge in [0.05, 0.1) is 11.8 Å². The molecule has 0 aliphatic carbocycles. The highest BCUT2D eigenvalue weighted by atomic mass is 16.6. The monoisotopic (exact) mass is 588 g/mol. The van der Waals surface area contributed by atoms with Crippen LogP contribution in [0.3, 0.4) is 0 Å². The number of anilines is 1. The average molecular weight is 589 g/mol. The van der Waals surface area contributed by atoms with Crippen LogP contribution in [0.25, 0.3) is 17.3 Å². The summed E-state index contributed by atoms with van der Waals surface area (Å²) in [5.74, 6) is -0.00823. The van der Waals surface area contributed by atoms with E-state index in [1.165, 1.54) is 6.07 Å². The molecular formula is C34H44N4O5. The summed E-state index contributed by atoms with van der Waals surface area (Å²) in [5, 5.41) is 19.3. The Morgan fingerprint density at radius 3 is 2.12 bits per heavy atom. The van der Waals surface area contributed by atoms with E-state index in [1.807, 2.05) is 69.4 Å². The fourth-order valence-corrected chi connectivity index (χ4v) is 4.35. The summed E-state index contributed by atoms with van der Waals surface area (Å²) in [5.41, 5.74) is 3.91. The number of hydrogen-bond acceptors (Lipinski definition) is 8. The fourth-order valence-electron chi connectivity index (χ4n) is 4.35. The number of amides is 2. The Balaban J connectivity index is 1.75. The van der Waals surface area contributed by atoms with Crippen LogP contribution in [0.5, 0.6) is 0 Å². The van der Waals surface area contributed by atoms with Gasteiger partial charge in [-0.2, -0.15) is 4.90 Å². The molecule has 1 atom stereocenters. The topological polar surface area (TPSA) is 105 Å². The average Bonchev–Trinajstić information content (AvgIpc) is 2.88. The first-order valence-corrected chi connectivity index (χ1v) is 14.4. The standard InChI is InChI=1S/C34H44N4O5/c1-10-12-25-15-16-27(19-23(25)2)29(39)22-37(9)21-24-13-11-14-26(20-24)28-17-18-30(36-35-28)38(31(40)42-33(3,4)5)32(41)43-34(6,7)8/h10-20,29,39H,21-22H2,1-9H3/b12-10-. The molecule has 0 bridgehead atoms. The number of ether oxygens (including phenoxy) is 2. The van der Waals surface area contributed by atoms with E-state index in [1.54, 1.807) is 47.6 Å². The van der Waals surface area contributed by atoms with Gasteiger partial charge < -0.3 is 14.6 Å². The maximum Gasteiger partial charge on any atom is 0.425 e. The van der Waals surface area contributed by atoms with Gasteiger partial charge >= 0.3 is 12.2 Å². The van der Waals surface area contributed by atoms with Gasteiger partial charge in [-0.15, -0.1) is 10.2 Å². The molecule has 2 aromatic carbocycles. The van der Waals surface area contributed by atoms with Crippen molar-refractivity contribution in [3.8, 4) is 11.3 Å². The van der Waals surface area contributed by atoms with Crippen molar-refractivity contribution >= 4 is 24.1 Å². The predicted molar refractivity (Wildman–Crippen MR) is 170 cm³/mol. The van der Waals surface area contributed by atoms with Gasteiger partial charge in [-0.05, 0) is 103 Å². The van der Waals surface area contributed by atoms with Gasteiger partial charge in [-0.3, -0.25) is 4.90 Å². The minimum Gasteiger partial charge on any atom is -0.443 e. The largest absolute Gasteiger partial charge is 0.443 e. The molecular weight excluding hydrogens is 544 g/mol. The van der Waals surface area contributed by atoms with Crippen LogP contribution in [0.4, 0.5) is 15.4 Å². The number of benzene rings is 2. The molecule has 0 saturated heterocycles. The first-order chi connectivity index (χ1) is 20.1. The molecule has 43 heavy (non-hydrogen) atoms. The summed E-state index contributed by atoms with van der Waals surface area (Å²) in [6.45, 7) is 15.4. The lowest BCUT2D eigenvalue weighted by Crippen LogP contribution is -2.44. The van der Waals surface area contributed by atoms with Crippen LogP contribution in [-0.4, -0.2) is 57.2 Å². The van der Waals surface area contributed by atoms with Crippen LogP contribution in [0, 0.1) is 6.92 Å². The molecule has 0 saturated carbocycles. The second-order valence-electron chi connectivity index (χ2n) is 12.6. The van der Waals surface area contributed by atoms with E-state index in [4.69, 9.17) is 9.47 Å². The van der Waals surface area contributed by atoms with Crippen molar-refractivity contribution in [2.75, 3.05) is 18.5 Å². The first-order valence-electron chi connectivity index (χ1n) is 14.4. The van der Waals surface area contributed by atoms with Crippen LogP contribution in [0.1, 0.15) is 76.8 Å². The minimum atomic E-state index is -0.903. The van der Waals surface area contributed by atoms with Crippen LogP contribution >= 0.6 is 0 Å². The van der Waals surface area contributed by atoms with E-state index in [-0.39, 0.29) is 5.82 Å². The number of rotatable bonds is 8. The van der Waals surface area contributed by atoms with Crippen LogP contribution in [0.15, 0.2) is 60.7 Å². The number of aryl methyl sites for hydroxylation is 1. The van der Waals surface area contributed by atoms with Crippen molar-refractivity contribution in [2.45, 2.75) is 79.2 Å². The summed E-state index contributed by atoms with van der Waals surface area (Å²) >= 11 is 0. The summed E-state index contributed by atoms with van der Waals surface area (Å²) < 4.78 is 10.9. The van der Waals surface area contributed by atoms with E-state index < -0.39 is 29.5 Å². The smallest absolute Gasteiger partial charge is 0.425 e. The zero-order valence-electron chi connectivity index (χ0n) is 26.7. The summed E-state index contributed by atoms with van der Waals surface area (Å²) in [7, 11) is 1.97. The predicted octanol–water partition coefficient (Wildman–Crippen LogP) is 7.33. The van der Waals surface area contributed by atoms with Crippen molar-refractivity contribution in [3.63, 3.8) is 0 Å². The molecule has 0 aliphatic heterocycles. The molecule has 1 heterocycles. The molecule has 1 aromatic heterocycles. The van der Waals surface area contributed by atoms with Crippen molar-refractivity contribution in [1.82, 2.24) is 15.1 Å². The zero-order chi connectivity index (χ0) is 31.9. The molecule has 0 spiro atoms. The molecule has 0 fully saturated rings. The number of nitrogens with zero attached hydrogens (tertiary/aromatic N) is 4. The fraction of sp³-hybridized carbons (Fsp3) is 0.412. The number of carbonyl (C=O) groups is 2. The lowest BCUT2D eigenvalue weighted by atomic mass is 10.0. The number of allylic oxidation sites excluding steroid dienone is 1. The number of carbonyl (C=O) groups excluding carboxylic acids is 2. The van der Waals surface area contributed by atoms with Crippen molar-refractivity contribution < 1.29 is 24.2 Å². The highest BCUT2D eigenvalue weighted by molar-refractivity contribution is 6.08. The molecule has 0 radical (unpaired) electrons. The van der Waals surface area contributed by atoms with Crippen LogP contribution in [-0.2, 0) is 16.0 Å². The van der Waals surface area contributed by atoms with Crippen molar-refractivity contribution in [2.24, 2.45) is 0 Å². The number of imide groups is 1. The van der Waals surface area contributed by atoms with Gasteiger partial charge in [0.2, 0.25) is 0 Å². The van der Waals surface area contributed by atoms with E-state index in [0.29, 0.717) is 18.8 Å². The SMILES string of the molecule is C/C=C\c1ccc(C(O)CN(C)Cc2cccc(-c3ccc(N(C(=O)OC(C)(C)C)C(=O)OC(C)(C)C)nn3)c2)cc1C. The highest BCUT2D eigenvalue weighted by Crippen LogP contribution is 2.24. The van der Waals surface area contributed by atoms with Gasteiger partial charge in [0, 0.05) is 18.7 Å². The first kappa shape index (κ1) is 33.4. The number of likely N-dealkylation sites (N-methyl/N-ethyl adjacent to an activating group) is 1. The second-order valence-corrected chi connectivity index (χ2v) is 12.6. The van der Waals surface area contributed by atoms with E-state index in [0.717, 1.165) is 32.7 Å². The third-order valence-corrected chi connectivity index (χ3v) is 6.22. The maximum absolute atomic E-state index is 12.9. The quantitative estimate of drug-likeness (QED) is 0.292. The van der Waals surface area contributed by atoms with E-state index in [2.05, 4.69) is 21.2 Å². The Kier molecular flexibility index (Phi) is 10.8. The Morgan fingerprint density at radius 2 is 1.58 bits per heavy atom. The number of aliphatic hydroxyl groups is 1. The molecule has 1 unspecified atom stereocenters. The zero-order valence-corrected chi connectivity index (χ0v) is 26.7. The molecule has 0 aliphatic rings. The Bertz CT molecular complexity index is 1410. The van der Waals surface area contributed by atoms with Crippen LogP contribution in [0.2, 0.25) is 0 Å². The molecule has 9 nitrogen and oxygen atoms in total.